The van der Waals surface area contributed by atoms with Gasteiger partial charge in [0, 0.05) is 24.8 Å². The average molecular weight is 247 g/mol. The highest BCUT2D eigenvalue weighted by atomic mass is 19.1. The van der Waals surface area contributed by atoms with Crippen LogP contribution in [0.2, 0.25) is 0 Å². The molecule has 0 aliphatic rings. The molecule has 2 aromatic rings. The molecule has 1 aromatic heterocycles. The third kappa shape index (κ3) is 2.59. The van der Waals surface area contributed by atoms with Gasteiger partial charge in [-0.05, 0) is 24.5 Å². The van der Waals surface area contributed by atoms with Crippen LogP contribution < -0.4 is 5.73 Å². The summed E-state index contributed by atoms with van der Waals surface area (Å²) in [7, 11) is 1.87. The van der Waals surface area contributed by atoms with Gasteiger partial charge in [-0.2, -0.15) is 5.10 Å². The van der Waals surface area contributed by atoms with Crippen LogP contribution in [0.25, 0.3) is 0 Å². The van der Waals surface area contributed by atoms with Crippen molar-refractivity contribution in [2.75, 3.05) is 0 Å². The van der Waals surface area contributed by atoms with E-state index in [1.807, 2.05) is 26.2 Å². The molecule has 0 spiro atoms. The zero-order chi connectivity index (χ0) is 13.1. The predicted octanol–water partition coefficient (Wildman–Crippen LogP) is 2.36. The lowest BCUT2D eigenvalue weighted by Crippen LogP contribution is -2.15. The van der Waals surface area contributed by atoms with Gasteiger partial charge in [-0.1, -0.05) is 25.1 Å². The Balaban J connectivity index is 2.21. The van der Waals surface area contributed by atoms with E-state index in [0.717, 1.165) is 17.7 Å². The Kier molecular flexibility index (Phi) is 3.77. The maximum absolute atomic E-state index is 13.6. The lowest BCUT2D eigenvalue weighted by Gasteiger charge is -2.12. The molecular weight excluding hydrogens is 229 g/mol. The summed E-state index contributed by atoms with van der Waals surface area (Å²) >= 11 is 0. The molecule has 2 N–H and O–H groups in total. The van der Waals surface area contributed by atoms with Crippen molar-refractivity contribution < 1.29 is 4.39 Å². The molecule has 3 nitrogen and oxygen atoms in total. The van der Waals surface area contributed by atoms with Crippen molar-refractivity contribution in [2.24, 2.45) is 12.8 Å². The molecule has 0 saturated carbocycles. The summed E-state index contributed by atoms with van der Waals surface area (Å²) < 4.78 is 15.3. The molecule has 1 heterocycles. The van der Waals surface area contributed by atoms with Crippen molar-refractivity contribution in [3.63, 3.8) is 0 Å². The molecule has 1 unspecified atom stereocenters. The van der Waals surface area contributed by atoms with E-state index in [4.69, 9.17) is 5.73 Å². The van der Waals surface area contributed by atoms with Crippen molar-refractivity contribution in [1.29, 1.82) is 0 Å². The molecule has 0 saturated heterocycles. The molecule has 4 heteroatoms. The van der Waals surface area contributed by atoms with Gasteiger partial charge >= 0.3 is 0 Å². The van der Waals surface area contributed by atoms with Gasteiger partial charge in [-0.3, -0.25) is 4.68 Å². The second-order valence-corrected chi connectivity index (χ2v) is 4.46. The van der Waals surface area contributed by atoms with Gasteiger partial charge in [0.1, 0.15) is 5.82 Å². The molecule has 18 heavy (non-hydrogen) atoms. The van der Waals surface area contributed by atoms with Gasteiger partial charge < -0.3 is 5.73 Å². The Bertz CT molecular complexity index is 534. The van der Waals surface area contributed by atoms with Gasteiger partial charge in [0.25, 0.3) is 0 Å². The second kappa shape index (κ2) is 5.31. The largest absolute Gasteiger partial charge is 0.324 e. The number of aromatic nitrogens is 2. The van der Waals surface area contributed by atoms with Crippen LogP contribution in [-0.4, -0.2) is 9.78 Å². The lowest BCUT2D eigenvalue weighted by molar-refractivity contribution is 0.592. The molecule has 2 rings (SSSR count). The number of benzene rings is 1. The Morgan fingerprint density at radius 1 is 1.39 bits per heavy atom. The molecule has 0 aliphatic heterocycles. The number of hydrogen-bond acceptors (Lipinski definition) is 2. The first-order valence-corrected chi connectivity index (χ1v) is 6.13. The summed E-state index contributed by atoms with van der Waals surface area (Å²) in [6, 6.07) is 6.54. The van der Waals surface area contributed by atoms with E-state index < -0.39 is 0 Å². The van der Waals surface area contributed by atoms with E-state index in [9.17, 15) is 4.39 Å². The van der Waals surface area contributed by atoms with E-state index in [-0.39, 0.29) is 11.9 Å². The fourth-order valence-electron chi connectivity index (χ4n) is 2.15. The second-order valence-electron chi connectivity index (χ2n) is 4.46. The quantitative estimate of drug-likeness (QED) is 0.901. The third-order valence-corrected chi connectivity index (χ3v) is 3.07. The van der Waals surface area contributed by atoms with Gasteiger partial charge in [-0.15, -0.1) is 0 Å². The Morgan fingerprint density at radius 2 is 2.11 bits per heavy atom. The monoisotopic (exact) mass is 247 g/mol. The van der Waals surface area contributed by atoms with Crippen LogP contribution >= 0.6 is 0 Å². The van der Waals surface area contributed by atoms with Crippen LogP contribution in [-0.2, 0) is 19.9 Å². The van der Waals surface area contributed by atoms with Gasteiger partial charge in [-0.25, -0.2) is 4.39 Å². The van der Waals surface area contributed by atoms with Crippen LogP contribution in [0.5, 0.6) is 0 Å². The van der Waals surface area contributed by atoms with Crippen LogP contribution in [0.1, 0.15) is 29.8 Å². The minimum Gasteiger partial charge on any atom is -0.324 e. The normalized spacial score (nSPS) is 12.7. The standard InChI is InChI=1S/C14H18FN3/c1-3-14-11(9-18(2)17-14)13(16)8-10-6-4-5-7-12(10)15/h4-7,9,13H,3,8,16H2,1-2H3. The van der Waals surface area contributed by atoms with Gasteiger partial charge in [0.2, 0.25) is 0 Å². The van der Waals surface area contributed by atoms with Gasteiger partial charge in [0.05, 0.1) is 5.69 Å². The third-order valence-electron chi connectivity index (χ3n) is 3.07. The maximum atomic E-state index is 13.6. The average Bonchev–Trinajstić information content (AvgIpc) is 2.73. The van der Waals surface area contributed by atoms with E-state index in [1.165, 1.54) is 6.07 Å². The summed E-state index contributed by atoms with van der Waals surface area (Å²) in [5.74, 6) is -0.199. The van der Waals surface area contributed by atoms with Crippen molar-refractivity contribution >= 4 is 0 Å². The van der Waals surface area contributed by atoms with Crippen LogP contribution in [0.15, 0.2) is 30.5 Å². The summed E-state index contributed by atoms with van der Waals surface area (Å²) in [5, 5.41) is 4.36. The fourth-order valence-corrected chi connectivity index (χ4v) is 2.15. The molecular formula is C14H18FN3. The number of hydrogen-bond donors (Lipinski definition) is 1. The van der Waals surface area contributed by atoms with Crippen LogP contribution in [0, 0.1) is 5.82 Å². The Hall–Kier alpha value is -1.68. The summed E-state index contributed by atoms with van der Waals surface area (Å²) in [6.45, 7) is 2.04. The molecule has 1 aromatic carbocycles. The van der Waals surface area contributed by atoms with E-state index in [1.54, 1.807) is 16.8 Å². The highest BCUT2D eigenvalue weighted by Gasteiger charge is 2.15. The van der Waals surface area contributed by atoms with Crippen molar-refractivity contribution in [1.82, 2.24) is 9.78 Å². The van der Waals surface area contributed by atoms with Crippen molar-refractivity contribution in [3.05, 3.63) is 53.1 Å². The molecule has 96 valence electrons. The zero-order valence-electron chi connectivity index (χ0n) is 10.7. The number of aryl methyl sites for hydroxylation is 2. The lowest BCUT2D eigenvalue weighted by atomic mass is 9.99. The minimum atomic E-state index is -0.217. The van der Waals surface area contributed by atoms with Crippen molar-refractivity contribution in [3.8, 4) is 0 Å². The maximum Gasteiger partial charge on any atom is 0.126 e. The molecule has 1 atom stereocenters. The first-order chi connectivity index (χ1) is 8.61. The van der Waals surface area contributed by atoms with Crippen LogP contribution in [0.3, 0.4) is 0 Å². The van der Waals surface area contributed by atoms with Crippen LogP contribution in [0.4, 0.5) is 4.39 Å². The molecule has 0 fully saturated rings. The van der Waals surface area contributed by atoms with Gasteiger partial charge in [0.15, 0.2) is 0 Å². The van der Waals surface area contributed by atoms with E-state index in [0.29, 0.717) is 12.0 Å². The molecule has 0 aliphatic carbocycles. The number of nitrogens with zero attached hydrogens (tertiary/aromatic N) is 2. The first-order valence-electron chi connectivity index (χ1n) is 6.13. The zero-order valence-corrected chi connectivity index (χ0v) is 10.7. The fraction of sp³-hybridized carbons (Fsp3) is 0.357. The summed E-state index contributed by atoms with van der Waals surface area (Å²) in [4.78, 5) is 0. The molecule has 0 amide bonds. The summed E-state index contributed by atoms with van der Waals surface area (Å²) in [6.07, 6.45) is 3.25. The number of halogens is 1. The number of rotatable bonds is 4. The topological polar surface area (TPSA) is 43.8 Å². The highest BCUT2D eigenvalue weighted by Crippen LogP contribution is 2.20. The molecule has 0 bridgehead atoms. The SMILES string of the molecule is CCc1nn(C)cc1C(N)Cc1ccccc1F. The number of nitrogens with two attached hydrogens (primary N) is 1. The van der Waals surface area contributed by atoms with E-state index >= 15 is 0 Å². The van der Waals surface area contributed by atoms with E-state index in [2.05, 4.69) is 5.10 Å². The molecule has 0 radical (unpaired) electrons. The predicted molar refractivity (Wildman–Crippen MR) is 69.6 cm³/mol. The highest BCUT2D eigenvalue weighted by molar-refractivity contribution is 5.25. The Morgan fingerprint density at radius 3 is 2.78 bits per heavy atom. The minimum absolute atomic E-state index is 0.199. The van der Waals surface area contributed by atoms with Crippen molar-refractivity contribution in [2.45, 2.75) is 25.8 Å². The summed E-state index contributed by atoms with van der Waals surface area (Å²) in [5.41, 5.74) is 8.80. The first kappa shape index (κ1) is 12.8. The smallest absolute Gasteiger partial charge is 0.126 e. The Labute approximate surface area is 106 Å².